The fourth-order valence-corrected chi connectivity index (χ4v) is 1.09. The van der Waals surface area contributed by atoms with Gasteiger partial charge in [-0.2, -0.15) is 0 Å². The second kappa shape index (κ2) is 8.32. The topological polar surface area (TPSA) is 95.9 Å². The molecule has 0 heterocycles. The van der Waals surface area contributed by atoms with E-state index in [-0.39, 0.29) is 38.0 Å². The van der Waals surface area contributed by atoms with Gasteiger partial charge in [-0.05, 0) is 13.8 Å². The number of carbonyl (C=O) groups is 3. The number of rotatable bonds is 7. The van der Waals surface area contributed by atoms with Gasteiger partial charge in [0.2, 0.25) is 0 Å². The van der Waals surface area contributed by atoms with E-state index in [1.165, 1.54) is 11.9 Å². The molecule has 0 rings (SSSR count). The van der Waals surface area contributed by atoms with Crippen LogP contribution in [0.1, 0.15) is 26.7 Å². The van der Waals surface area contributed by atoms with Crippen molar-refractivity contribution in [3.8, 4) is 0 Å². The van der Waals surface area contributed by atoms with Crippen LogP contribution < -0.4 is 5.32 Å². The van der Waals surface area contributed by atoms with E-state index in [2.05, 4.69) is 5.32 Å². The van der Waals surface area contributed by atoms with Crippen molar-refractivity contribution in [1.82, 2.24) is 10.2 Å². The molecule has 0 fully saturated rings. The SMILES string of the molecule is CC(C)OC(=O)CCNC(=O)N(C)CCC(=O)O. The minimum absolute atomic E-state index is 0.0939. The summed E-state index contributed by atoms with van der Waals surface area (Å²) in [7, 11) is 1.49. The van der Waals surface area contributed by atoms with Gasteiger partial charge in [0.1, 0.15) is 0 Å². The first-order valence-corrected chi connectivity index (χ1v) is 5.73. The summed E-state index contributed by atoms with van der Waals surface area (Å²) in [4.78, 5) is 34.1. The number of carboxylic acid groups (broad SMARTS) is 1. The fourth-order valence-electron chi connectivity index (χ4n) is 1.09. The van der Waals surface area contributed by atoms with E-state index in [0.717, 1.165) is 0 Å². The first kappa shape index (κ1) is 16.2. The number of amides is 2. The molecule has 104 valence electrons. The predicted octanol–water partition coefficient (Wildman–Crippen LogP) is 0.444. The van der Waals surface area contributed by atoms with Gasteiger partial charge in [0, 0.05) is 20.1 Å². The molecule has 0 aromatic rings. The second-order valence-corrected chi connectivity index (χ2v) is 4.09. The first-order valence-electron chi connectivity index (χ1n) is 5.73. The number of nitrogens with zero attached hydrogens (tertiary/aromatic N) is 1. The molecule has 0 aliphatic rings. The number of carbonyl (C=O) groups excluding carboxylic acids is 2. The van der Waals surface area contributed by atoms with Crippen molar-refractivity contribution in [3.63, 3.8) is 0 Å². The van der Waals surface area contributed by atoms with Crippen molar-refractivity contribution in [2.45, 2.75) is 32.8 Å². The van der Waals surface area contributed by atoms with Crippen LogP contribution in [-0.2, 0) is 14.3 Å². The molecule has 7 nitrogen and oxygen atoms in total. The number of hydrogen-bond acceptors (Lipinski definition) is 4. The number of carboxylic acids is 1. The fraction of sp³-hybridized carbons (Fsp3) is 0.727. The summed E-state index contributed by atoms with van der Waals surface area (Å²) in [5, 5.41) is 11.0. The van der Waals surface area contributed by atoms with Crippen molar-refractivity contribution in [2.24, 2.45) is 0 Å². The highest BCUT2D eigenvalue weighted by Crippen LogP contribution is 1.93. The Hall–Kier alpha value is -1.79. The highest BCUT2D eigenvalue weighted by Gasteiger charge is 2.11. The molecule has 2 amide bonds. The molecule has 0 aliphatic heterocycles. The van der Waals surface area contributed by atoms with Gasteiger partial charge < -0.3 is 20.1 Å². The molecule has 0 saturated heterocycles. The molecule has 7 heteroatoms. The third-order valence-electron chi connectivity index (χ3n) is 1.98. The zero-order valence-electron chi connectivity index (χ0n) is 10.9. The van der Waals surface area contributed by atoms with Gasteiger partial charge in [-0.15, -0.1) is 0 Å². The molecule has 0 unspecified atom stereocenters. The summed E-state index contributed by atoms with van der Waals surface area (Å²) in [6.45, 7) is 3.78. The van der Waals surface area contributed by atoms with Gasteiger partial charge in [-0.25, -0.2) is 4.79 Å². The standard InChI is InChI=1S/C11H20N2O5/c1-8(2)18-10(16)4-6-12-11(17)13(3)7-5-9(14)15/h8H,4-7H2,1-3H3,(H,12,17)(H,14,15). The Labute approximate surface area is 106 Å². The molecule has 2 N–H and O–H groups in total. The summed E-state index contributed by atoms with van der Waals surface area (Å²) < 4.78 is 4.89. The van der Waals surface area contributed by atoms with Crippen molar-refractivity contribution in [3.05, 3.63) is 0 Å². The van der Waals surface area contributed by atoms with Crippen molar-refractivity contribution < 1.29 is 24.2 Å². The van der Waals surface area contributed by atoms with Crippen molar-refractivity contribution in [1.29, 1.82) is 0 Å². The summed E-state index contributed by atoms with van der Waals surface area (Å²) in [6, 6.07) is -0.409. The van der Waals surface area contributed by atoms with E-state index in [9.17, 15) is 14.4 Å². The van der Waals surface area contributed by atoms with Crippen LogP contribution >= 0.6 is 0 Å². The molecule has 0 atom stereocenters. The van der Waals surface area contributed by atoms with Crippen molar-refractivity contribution >= 4 is 18.0 Å². The minimum atomic E-state index is -0.963. The molecule has 0 spiro atoms. The quantitative estimate of drug-likeness (QED) is 0.648. The van der Waals surface area contributed by atoms with Crippen LogP contribution in [0.4, 0.5) is 4.79 Å². The lowest BCUT2D eigenvalue weighted by Crippen LogP contribution is -2.39. The first-order chi connectivity index (χ1) is 8.32. The molecule has 0 bridgehead atoms. The second-order valence-electron chi connectivity index (χ2n) is 4.09. The summed E-state index contributed by atoms with van der Waals surface area (Å²) in [5.74, 6) is -1.34. The Kier molecular flexibility index (Phi) is 7.50. The normalized spacial score (nSPS) is 10.0. The lowest BCUT2D eigenvalue weighted by atomic mass is 10.4. The highest BCUT2D eigenvalue weighted by atomic mass is 16.5. The van der Waals surface area contributed by atoms with E-state index in [1.54, 1.807) is 13.8 Å². The summed E-state index contributed by atoms with van der Waals surface area (Å²) in [6.07, 6.45) is -0.192. The average Bonchev–Trinajstić information content (AvgIpc) is 2.24. The number of hydrogen-bond donors (Lipinski definition) is 2. The molecule has 0 aromatic heterocycles. The highest BCUT2D eigenvalue weighted by molar-refractivity contribution is 5.76. The zero-order chi connectivity index (χ0) is 14.1. The van der Waals surface area contributed by atoms with Crippen LogP contribution in [-0.4, -0.2) is 54.2 Å². The largest absolute Gasteiger partial charge is 0.481 e. The van der Waals surface area contributed by atoms with Gasteiger partial charge in [-0.3, -0.25) is 9.59 Å². The third kappa shape index (κ3) is 8.37. The smallest absolute Gasteiger partial charge is 0.317 e. The van der Waals surface area contributed by atoms with Crippen LogP contribution in [0, 0.1) is 0 Å². The number of urea groups is 1. The van der Waals surface area contributed by atoms with Gasteiger partial charge >= 0.3 is 18.0 Å². The summed E-state index contributed by atoms with van der Waals surface area (Å²) in [5.41, 5.74) is 0. The van der Waals surface area contributed by atoms with Crippen LogP contribution in [0.3, 0.4) is 0 Å². The molecule has 0 aromatic carbocycles. The lowest BCUT2D eigenvalue weighted by molar-refractivity contribution is -0.147. The molecule has 0 radical (unpaired) electrons. The molecule has 18 heavy (non-hydrogen) atoms. The molecular formula is C11H20N2O5. The minimum Gasteiger partial charge on any atom is -0.481 e. The number of nitrogens with one attached hydrogen (secondary N) is 1. The Balaban J connectivity index is 3.75. The Morgan fingerprint density at radius 3 is 2.39 bits per heavy atom. The van der Waals surface area contributed by atoms with Gasteiger partial charge in [-0.1, -0.05) is 0 Å². The van der Waals surface area contributed by atoms with Crippen LogP contribution in [0.2, 0.25) is 0 Å². The predicted molar refractivity (Wildman–Crippen MR) is 64.1 cm³/mol. The monoisotopic (exact) mass is 260 g/mol. The van der Waals surface area contributed by atoms with Gasteiger partial charge in [0.05, 0.1) is 18.9 Å². The summed E-state index contributed by atoms with van der Waals surface area (Å²) >= 11 is 0. The Morgan fingerprint density at radius 1 is 1.28 bits per heavy atom. The van der Waals surface area contributed by atoms with E-state index in [0.29, 0.717) is 0 Å². The number of aliphatic carboxylic acids is 1. The maximum absolute atomic E-state index is 11.4. The lowest BCUT2D eigenvalue weighted by Gasteiger charge is -2.16. The van der Waals surface area contributed by atoms with Crippen molar-refractivity contribution in [2.75, 3.05) is 20.1 Å². The Morgan fingerprint density at radius 2 is 1.89 bits per heavy atom. The average molecular weight is 260 g/mol. The molecular weight excluding hydrogens is 240 g/mol. The zero-order valence-corrected chi connectivity index (χ0v) is 10.9. The van der Waals surface area contributed by atoms with Crippen LogP contribution in [0.15, 0.2) is 0 Å². The van der Waals surface area contributed by atoms with E-state index in [4.69, 9.17) is 9.84 Å². The van der Waals surface area contributed by atoms with E-state index >= 15 is 0 Å². The maximum atomic E-state index is 11.4. The van der Waals surface area contributed by atoms with Crippen LogP contribution in [0.5, 0.6) is 0 Å². The molecule has 0 aliphatic carbocycles. The van der Waals surface area contributed by atoms with E-state index in [1.807, 2.05) is 0 Å². The van der Waals surface area contributed by atoms with Gasteiger partial charge in [0.25, 0.3) is 0 Å². The number of esters is 1. The van der Waals surface area contributed by atoms with Crippen LogP contribution in [0.25, 0.3) is 0 Å². The van der Waals surface area contributed by atoms with E-state index < -0.39 is 12.0 Å². The maximum Gasteiger partial charge on any atom is 0.317 e. The Bertz CT molecular complexity index is 304. The number of ether oxygens (including phenoxy) is 1. The third-order valence-corrected chi connectivity index (χ3v) is 1.98. The van der Waals surface area contributed by atoms with Gasteiger partial charge in [0.15, 0.2) is 0 Å². The molecule has 0 saturated carbocycles.